The number of nitrogens with two attached hydrogens (primary N) is 1. The average molecular weight is 507 g/mol. The minimum absolute atomic E-state index is 0.0499. The van der Waals surface area contributed by atoms with Crippen LogP contribution in [0, 0.1) is 0 Å². The number of anilines is 1. The van der Waals surface area contributed by atoms with Crippen molar-refractivity contribution in [1.29, 1.82) is 0 Å². The average Bonchev–Trinajstić information content (AvgIpc) is 3.42. The topological polar surface area (TPSA) is 115 Å². The number of methoxy groups -OCH3 is 2. The molecule has 1 aliphatic heterocycles. The smallest absolute Gasteiger partial charge is 0.329 e. The van der Waals surface area contributed by atoms with Gasteiger partial charge in [0.25, 0.3) is 0 Å². The lowest BCUT2D eigenvalue weighted by molar-refractivity contribution is -0.116. The summed E-state index contributed by atoms with van der Waals surface area (Å²) in [5.41, 5.74) is 8.65. The fraction of sp³-hybridized carbons (Fsp3) is 0.370. The van der Waals surface area contributed by atoms with Crippen LogP contribution in [0.1, 0.15) is 18.4 Å². The number of ether oxygens (including phenoxy) is 2. The molecule has 37 heavy (non-hydrogen) atoms. The number of nitrogens with one attached hydrogen (secondary N) is 1. The van der Waals surface area contributed by atoms with Gasteiger partial charge in [-0.2, -0.15) is 0 Å². The van der Waals surface area contributed by atoms with E-state index >= 15 is 0 Å². The molecule has 0 saturated carbocycles. The van der Waals surface area contributed by atoms with Crippen LogP contribution < -0.4 is 20.5 Å². The first-order valence-electron chi connectivity index (χ1n) is 12.2. The van der Waals surface area contributed by atoms with E-state index in [2.05, 4.69) is 21.3 Å². The van der Waals surface area contributed by atoms with Gasteiger partial charge >= 0.3 is 6.03 Å². The third-order valence-corrected chi connectivity index (χ3v) is 6.69. The van der Waals surface area contributed by atoms with Crippen molar-refractivity contribution in [3.8, 4) is 22.8 Å². The largest absolute Gasteiger partial charge is 0.493 e. The first-order chi connectivity index (χ1) is 17.9. The van der Waals surface area contributed by atoms with Gasteiger partial charge < -0.3 is 25.4 Å². The molecule has 1 aliphatic rings. The second-order valence-electron chi connectivity index (χ2n) is 9.16. The number of benzene rings is 2. The Balaban J connectivity index is 1.33. The van der Waals surface area contributed by atoms with Crippen LogP contribution in [0.5, 0.6) is 11.5 Å². The number of amides is 2. The molecule has 1 aromatic heterocycles. The highest BCUT2D eigenvalue weighted by molar-refractivity contribution is 5.80. The van der Waals surface area contributed by atoms with Crippen LogP contribution in [0.2, 0.25) is 0 Å². The molecule has 3 N–H and O–H groups in total. The van der Waals surface area contributed by atoms with E-state index in [9.17, 15) is 9.59 Å². The third kappa shape index (κ3) is 6.39. The Morgan fingerprint density at radius 3 is 2.57 bits per heavy atom. The molecule has 0 spiro atoms. The maximum absolute atomic E-state index is 13.2. The maximum atomic E-state index is 13.2. The number of primary amides is 1. The van der Waals surface area contributed by atoms with Crippen molar-refractivity contribution >= 4 is 17.6 Å². The number of imidazole rings is 1. The van der Waals surface area contributed by atoms with Crippen LogP contribution in [0.4, 0.5) is 10.5 Å². The van der Waals surface area contributed by atoms with Crippen LogP contribution in [-0.4, -0.2) is 78.2 Å². The van der Waals surface area contributed by atoms with E-state index in [4.69, 9.17) is 15.2 Å². The molecule has 0 atom stereocenters. The van der Waals surface area contributed by atoms with Crippen LogP contribution >= 0.6 is 0 Å². The summed E-state index contributed by atoms with van der Waals surface area (Å²) in [4.78, 5) is 32.8. The van der Waals surface area contributed by atoms with E-state index in [0.29, 0.717) is 5.69 Å². The van der Waals surface area contributed by atoms with Crippen LogP contribution in [0.25, 0.3) is 11.3 Å². The summed E-state index contributed by atoms with van der Waals surface area (Å²) in [5, 5.41) is 2.97. The van der Waals surface area contributed by atoms with Crippen LogP contribution in [-0.2, 0) is 11.3 Å². The number of rotatable bonds is 9. The van der Waals surface area contributed by atoms with Crippen molar-refractivity contribution in [2.24, 2.45) is 5.73 Å². The Labute approximate surface area is 217 Å². The molecule has 10 heteroatoms. The lowest BCUT2D eigenvalue weighted by Gasteiger charge is -2.36. The van der Waals surface area contributed by atoms with Crippen molar-refractivity contribution in [2.45, 2.75) is 25.4 Å². The first-order valence-corrected chi connectivity index (χ1v) is 12.2. The zero-order chi connectivity index (χ0) is 26.4. The van der Waals surface area contributed by atoms with E-state index in [0.717, 1.165) is 55.2 Å². The highest BCUT2D eigenvalue weighted by atomic mass is 16.5. The van der Waals surface area contributed by atoms with Gasteiger partial charge in [-0.1, -0.05) is 18.2 Å². The zero-order valence-electron chi connectivity index (χ0n) is 21.5. The molecule has 0 aliphatic carbocycles. The summed E-state index contributed by atoms with van der Waals surface area (Å²) in [6, 6.07) is 13.5. The molecule has 1 saturated heterocycles. The number of likely N-dealkylation sites (tertiary alicyclic amines) is 1. The predicted molar refractivity (Wildman–Crippen MR) is 142 cm³/mol. The summed E-state index contributed by atoms with van der Waals surface area (Å²) in [5.74, 6) is 1.02. The van der Waals surface area contributed by atoms with E-state index in [1.165, 1.54) is 10.1 Å². The lowest BCUT2D eigenvalue weighted by atomic mass is 10.0. The summed E-state index contributed by atoms with van der Waals surface area (Å²) in [6.45, 7) is 2.67. The highest BCUT2D eigenvalue weighted by Gasteiger charge is 2.26. The molecular weight excluding hydrogens is 472 g/mol. The molecule has 1 fully saturated rings. The van der Waals surface area contributed by atoms with Gasteiger partial charge in [0.1, 0.15) is 6.33 Å². The molecule has 0 unspecified atom stereocenters. The van der Waals surface area contributed by atoms with Gasteiger partial charge in [0, 0.05) is 50.2 Å². The number of nitrogens with zero attached hydrogens (tertiary/aromatic N) is 4. The van der Waals surface area contributed by atoms with Gasteiger partial charge in [0.2, 0.25) is 5.91 Å². The van der Waals surface area contributed by atoms with Gasteiger partial charge in [-0.3, -0.25) is 14.3 Å². The van der Waals surface area contributed by atoms with Crippen molar-refractivity contribution < 1.29 is 19.1 Å². The van der Waals surface area contributed by atoms with E-state index in [-0.39, 0.29) is 18.6 Å². The maximum Gasteiger partial charge on any atom is 0.329 e. The van der Waals surface area contributed by atoms with Crippen molar-refractivity contribution in [1.82, 2.24) is 19.4 Å². The third-order valence-electron chi connectivity index (χ3n) is 6.69. The van der Waals surface area contributed by atoms with E-state index in [1.54, 1.807) is 26.7 Å². The molecule has 10 nitrogen and oxygen atoms in total. The number of piperidine rings is 1. The summed E-state index contributed by atoms with van der Waals surface area (Å²) < 4.78 is 12.3. The van der Waals surface area contributed by atoms with Crippen LogP contribution in [0.3, 0.4) is 0 Å². The number of carbonyl (C=O) groups excluding carboxylic acids is 2. The normalized spacial score (nSPS) is 14.2. The zero-order valence-corrected chi connectivity index (χ0v) is 21.5. The Hall–Kier alpha value is -4.05. The fourth-order valence-corrected chi connectivity index (χ4v) is 4.59. The number of hydrogen-bond donors (Lipinski definition) is 2. The molecule has 2 heterocycles. The SMILES string of the molecule is COc1ccc(CN2CCC(N(C)C(=O)n3cnc(-c4cccc(NCC(N)=O)c4)c3)CC2)cc1OC. The van der Waals surface area contributed by atoms with E-state index in [1.807, 2.05) is 48.3 Å². The quantitative estimate of drug-likeness (QED) is 0.458. The van der Waals surface area contributed by atoms with Gasteiger partial charge in [0.15, 0.2) is 11.5 Å². The van der Waals surface area contributed by atoms with Crippen LogP contribution in [0.15, 0.2) is 55.0 Å². The molecule has 4 rings (SSSR count). The highest BCUT2D eigenvalue weighted by Crippen LogP contribution is 2.29. The van der Waals surface area contributed by atoms with Gasteiger partial charge in [-0.15, -0.1) is 0 Å². The van der Waals surface area contributed by atoms with Gasteiger partial charge in [-0.25, -0.2) is 9.78 Å². The molecule has 3 aromatic rings. The molecule has 196 valence electrons. The van der Waals surface area contributed by atoms with Gasteiger partial charge in [0.05, 0.1) is 26.5 Å². The standard InChI is InChI=1S/C27H34N6O4/c1-31(22-9-11-32(12-10-22)16-19-7-8-24(36-2)25(13-19)37-3)27(35)33-17-23(30-18-33)20-5-4-6-21(14-20)29-15-26(28)34/h4-8,13-14,17-18,22,29H,9-12,15-16H2,1-3H3,(H2,28,34). The summed E-state index contributed by atoms with van der Waals surface area (Å²) in [6.07, 6.45) is 5.07. The minimum Gasteiger partial charge on any atom is -0.493 e. The predicted octanol–water partition coefficient (Wildman–Crippen LogP) is 3.03. The van der Waals surface area contributed by atoms with Crippen molar-refractivity contribution in [2.75, 3.05) is 46.2 Å². The first kappa shape index (κ1) is 26.0. The lowest BCUT2D eigenvalue weighted by Crippen LogP contribution is -2.46. The molecule has 2 aromatic carbocycles. The Kier molecular flexibility index (Phi) is 8.29. The summed E-state index contributed by atoms with van der Waals surface area (Å²) in [7, 11) is 5.13. The second-order valence-corrected chi connectivity index (χ2v) is 9.16. The monoisotopic (exact) mass is 506 g/mol. The minimum atomic E-state index is -0.435. The fourth-order valence-electron chi connectivity index (χ4n) is 4.59. The number of carbonyl (C=O) groups is 2. The molecule has 0 radical (unpaired) electrons. The van der Waals surface area contributed by atoms with E-state index < -0.39 is 5.91 Å². The number of hydrogen-bond acceptors (Lipinski definition) is 7. The van der Waals surface area contributed by atoms with Crippen molar-refractivity contribution in [3.05, 3.63) is 60.6 Å². The second kappa shape index (κ2) is 11.8. The number of aromatic nitrogens is 2. The molecule has 2 amide bonds. The molecule has 0 bridgehead atoms. The Morgan fingerprint density at radius 1 is 1.11 bits per heavy atom. The Bertz CT molecular complexity index is 1240. The van der Waals surface area contributed by atoms with Gasteiger partial charge in [-0.05, 0) is 42.7 Å². The summed E-state index contributed by atoms with van der Waals surface area (Å²) >= 11 is 0. The van der Waals surface area contributed by atoms with Crippen molar-refractivity contribution in [3.63, 3.8) is 0 Å². The molecular formula is C27H34N6O4. The Morgan fingerprint density at radius 2 is 1.86 bits per heavy atom.